The van der Waals surface area contributed by atoms with E-state index in [9.17, 15) is 0 Å². The van der Waals surface area contributed by atoms with Gasteiger partial charge in [0, 0.05) is 0 Å². The molecule has 1 saturated heterocycles. The number of hydrogen-bond acceptors (Lipinski definition) is 1. The molecule has 0 aromatic rings. The van der Waals surface area contributed by atoms with Gasteiger partial charge in [-0.05, 0) is 36.3 Å². The van der Waals surface area contributed by atoms with E-state index in [0.29, 0.717) is 12.0 Å². The Kier molecular flexibility index (Phi) is 5.97. The third-order valence-corrected chi connectivity index (χ3v) is 3.73. The molecule has 0 spiro atoms. The normalized spacial score (nSPS) is 26.4. The summed E-state index contributed by atoms with van der Waals surface area (Å²) < 4.78 is 6.24. The second kappa shape index (κ2) is 7.00. The maximum atomic E-state index is 6.24. The molecule has 0 saturated carbocycles. The van der Waals surface area contributed by atoms with Crippen molar-refractivity contribution in [3.8, 4) is 0 Å². The molecule has 0 amide bonds. The minimum Gasteiger partial charge on any atom is -0.370 e. The molecule has 1 rings (SSSR count). The molecule has 1 heterocycles. The maximum Gasteiger partial charge on any atom is 0.0825 e. The first-order chi connectivity index (χ1) is 8.06. The minimum absolute atomic E-state index is 0.212. The van der Waals surface area contributed by atoms with Crippen molar-refractivity contribution in [2.75, 3.05) is 0 Å². The quantitative estimate of drug-likeness (QED) is 0.618. The Hall–Kier alpha value is -0.560. The highest BCUT2D eigenvalue weighted by molar-refractivity contribution is 5.30. The lowest BCUT2D eigenvalue weighted by atomic mass is 9.96. The van der Waals surface area contributed by atoms with Crippen LogP contribution in [0.3, 0.4) is 0 Å². The summed E-state index contributed by atoms with van der Waals surface area (Å²) in [5.74, 6) is 0.586. The van der Waals surface area contributed by atoms with Gasteiger partial charge in [0.2, 0.25) is 0 Å². The van der Waals surface area contributed by atoms with Crippen LogP contribution in [0.5, 0.6) is 0 Å². The monoisotopic (exact) mass is 236 g/mol. The first-order valence-corrected chi connectivity index (χ1v) is 7.08. The summed E-state index contributed by atoms with van der Waals surface area (Å²) in [6.07, 6.45) is 7.61. The third kappa shape index (κ3) is 4.31. The second-order valence-electron chi connectivity index (χ2n) is 5.57. The zero-order valence-corrected chi connectivity index (χ0v) is 11.8. The van der Waals surface area contributed by atoms with Crippen molar-refractivity contribution >= 4 is 0 Å². The maximum absolute atomic E-state index is 6.24. The van der Waals surface area contributed by atoms with Crippen LogP contribution in [-0.4, -0.2) is 12.2 Å². The van der Waals surface area contributed by atoms with Crippen molar-refractivity contribution in [1.82, 2.24) is 0 Å². The van der Waals surface area contributed by atoms with Crippen molar-refractivity contribution in [2.45, 2.75) is 71.5 Å². The lowest BCUT2D eigenvalue weighted by Crippen LogP contribution is -2.25. The van der Waals surface area contributed by atoms with Crippen LogP contribution in [0.15, 0.2) is 24.3 Å². The van der Waals surface area contributed by atoms with Gasteiger partial charge in [0.25, 0.3) is 0 Å². The topological polar surface area (TPSA) is 9.23 Å². The minimum atomic E-state index is 0.212. The van der Waals surface area contributed by atoms with Gasteiger partial charge >= 0.3 is 0 Å². The predicted molar refractivity (Wildman–Crippen MR) is 75.2 cm³/mol. The van der Waals surface area contributed by atoms with Crippen LogP contribution in [0, 0.1) is 5.92 Å². The van der Waals surface area contributed by atoms with Gasteiger partial charge < -0.3 is 4.74 Å². The summed E-state index contributed by atoms with van der Waals surface area (Å²) in [5.41, 5.74) is 2.35. The molecule has 1 nitrogen and oxygen atoms in total. The van der Waals surface area contributed by atoms with Crippen LogP contribution < -0.4 is 0 Å². The standard InChI is InChI=1S/C16H28O/c1-6-7-8-9-16-14(5)13(4)10-11-15(17-16)12(2)3/h12,15-16H,4-11H2,1-3H3. The summed E-state index contributed by atoms with van der Waals surface area (Å²) in [6, 6.07) is 0. The Morgan fingerprint density at radius 1 is 1.29 bits per heavy atom. The largest absolute Gasteiger partial charge is 0.370 e. The van der Waals surface area contributed by atoms with Crippen LogP contribution in [-0.2, 0) is 4.74 Å². The molecule has 2 atom stereocenters. The first-order valence-electron chi connectivity index (χ1n) is 7.08. The lowest BCUT2D eigenvalue weighted by molar-refractivity contribution is -0.0193. The van der Waals surface area contributed by atoms with Crippen molar-refractivity contribution in [3.63, 3.8) is 0 Å². The van der Waals surface area contributed by atoms with Gasteiger partial charge in [-0.1, -0.05) is 53.2 Å². The highest BCUT2D eigenvalue weighted by atomic mass is 16.5. The molecular weight excluding hydrogens is 208 g/mol. The lowest BCUT2D eigenvalue weighted by Gasteiger charge is -2.25. The van der Waals surface area contributed by atoms with E-state index in [4.69, 9.17) is 4.74 Å². The van der Waals surface area contributed by atoms with Crippen molar-refractivity contribution < 1.29 is 4.74 Å². The molecule has 0 bridgehead atoms. The van der Waals surface area contributed by atoms with E-state index in [1.165, 1.54) is 24.8 Å². The Morgan fingerprint density at radius 3 is 2.59 bits per heavy atom. The molecule has 0 aromatic carbocycles. The average molecular weight is 236 g/mol. The Balaban J connectivity index is 2.61. The molecule has 1 fully saturated rings. The van der Waals surface area contributed by atoms with E-state index in [-0.39, 0.29) is 6.10 Å². The summed E-state index contributed by atoms with van der Waals surface area (Å²) >= 11 is 0. The van der Waals surface area contributed by atoms with E-state index in [2.05, 4.69) is 33.9 Å². The summed E-state index contributed by atoms with van der Waals surface area (Å²) in [5, 5.41) is 0. The average Bonchev–Trinajstić information content (AvgIpc) is 2.42. The highest BCUT2D eigenvalue weighted by Gasteiger charge is 2.26. The Bertz CT molecular complexity index is 265. The molecular formula is C16H28O. The van der Waals surface area contributed by atoms with Gasteiger partial charge in [-0.3, -0.25) is 0 Å². The zero-order valence-electron chi connectivity index (χ0n) is 11.8. The number of rotatable bonds is 5. The Labute approximate surface area is 107 Å². The molecule has 0 aromatic heterocycles. The van der Waals surface area contributed by atoms with Crippen LogP contribution >= 0.6 is 0 Å². The molecule has 17 heavy (non-hydrogen) atoms. The zero-order chi connectivity index (χ0) is 12.8. The van der Waals surface area contributed by atoms with Gasteiger partial charge in [0.1, 0.15) is 0 Å². The van der Waals surface area contributed by atoms with Crippen molar-refractivity contribution in [1.29, 1.82) is 0 Å². The fourth-order valence-electron chi connectivity index (χ4n) is 2.38. The van der Waals surface area contributed by atoms with E-state index in [0.717, 1.165) is 24.8 Å². The molecule has 1 aliphatic heterocycles. The molecule has 0 aliphatic carbocycles. The predicted octanol–water partition coefficient (Wildman–Crippen LogP) is 4.88. The van der Waals surface area contributed by atoms with Gasteiger partial charge in [-0.2, -0.15) is 0 Å². The summed E-state index contributed by atoms with van der Waals surface area (Å²) in [6.45, 7) is 15.0. The van der Waals surface area contributed by atoms with Crippen LogP contribution in [0.1, 0.15) is 59.3 Å². The first kappa shape index (κ1) is 14.5. The summed E-state index contributed by atoms with van der Waals surface area (Å²) in [7, 11) is 0. The fourth-order valence-corrected chi connectivity index (χ4v) is 2.38. The van der Waals surface area contributed by atoms with Gasteiger partial charge in [-0.25, -0.2) is 0 Å². The molecule has 2 unspecified atom stereocenters. The number of hydrogen-bond donors (Lipinski definition) is 0. The Morgan fingerprint density at radius 2 is 2.00 bits per heavy atom. The fraction of sp³-hybridized carbons (Fsp3) is 0.750. The molecule has 98 valence electrons. The number of ether oxygens (including phenoxy) is 1. The van der Waals surface area contributed by atoms with Crippen LogP contribution in [0.25, 0.3) is 0 Å². The van der Waals surface area contributed by atoms with E-state index in [1.54, 1.807) is 0 Å². The molecule has 1 aliphatic rings. The van der Waals surface area contributed by atoms with Gasteiger partial charge in [-0.15, -0.1) is 0 Å². The van der Waals surface area contributed by atoms with Crippen LogP contribution in [0.2, 0.25) is 0 Å². The molecule has 0 N–H and O–H groups in total. The van der Waals surface area contributed by atoms with Gasteiger partial charge in [0.05, 0.1) is 12.2 Å². The third-order valence-electron chi connectivity index (χ3n) is 3.73. The molecule has 0 radical (unpaired) electrons. The van der Waals surface area contributed by atoms with Crippen LogP contribution in [0.4, 0.5) is 0 Å². The van der Waals surface area contributed by atoms with Crippen molar-refractivity contribution in [2.24, 2.45) is 5.92 Å². The van der Waals surface area contributed by atoms with E-state index < -0.39 is 0 Å². The number of unbranched alkanes of at least 4 members (excludes halogenated alkanes) is 2. The van der Waals surface area contributed by atoms with E-state index >= 15 is 0 Å². The van der Waals surface area contributed by atoms with Crippen molar-refractivity contribution in [3.05, 3.63) is 24.3 Å². The highest BCUT2D eigenvalue weighted by Crippen LogP contribution is 2.31. The summed E-state index contributed by atoms with van der Waals surface area (Å²) in [4.78, 5) is 0. The van der Waals surface area contributed by atoms with E-state index in [1.807, 2.05) is 0 Å². The second-order valence-corrected chi connectivity index (χ2v) is 5.57. The SMILES string of the molecule is C=C1CCC(C(C)C)OC(CCCCC)C1=C. The molecule has 1 heteroatoms. The van der Waals surface area contributed by atoms with Gasteiger partial charge in [0.15, 0.2) is 0 Å². The smallest absolute Gasteiger partial charge is 0.0825 e.